The predicted molar refractivity (Wildman–Crippen MR) is 142 cm³/mol. The molecule has 3 aromatic carbocycles. The number of nitrogens with zero attached hydrogens (tertiary/aromatic N) is 1. The number of barbiturate groups is 1. The molecule has 188 valence electrons. The second-order valence-corrected chi connectivity index (χ2v) is 9.12. The molecule has 0 atom stereocenters. The van der Waals surface area contributed by atoms with Crippen molar-refractivity contribution in [3.63, 3.8) is 0 Å². The number of aryl methyl sites for hydroxylation is 2. The summed E-state index contributed by atoms with van der Waals surface area (Å²) in [5, 5.41) is 5.56. The molecule has 1 fully saturated rings. The molecule has 0 saturated carbocycles. The van der Waals surface area contributed by atoms with Gasteiger partial charge in [-0.25, -0.2) is 9.69 Å². The summed E-state index contributed by atoms with van der Waals surface area (Å²) in [6.45, 7) is 3.55. The molecule has 1 aliphatic heterocycles. The number of carbonyl (C=O) groups excluding carboxylic acids is 4. The van der Waals surface area contributed by atoms with Crippen LogP contribution in [0.15, 0.2) is 66.2 Å². The summed E-state index contributed by atoms with van der Waals surface area (Å²) in [6, 6.07) is 15.5. The van der Waals surface area contributed by atoms with Crippen molar-refractivity contribution in [2.24, 2.45) is 0 Å². The first-order valence-corrected chi connectivity index (χ1v) is 11.8. The van der Waals surface area contributed by atoms with Gasteiger partial charge in [-0.15, -0.1) is 0 Å². The number of rotatable bonds is 6. The van der Waals surface area contributed by atoms with Crippen LogP contribution in [0.4, 0.5) is 16.2 Å². The number of carbonyl (C=O) groups is 4. The first-order valence-electron chi connectivity index (χ1n) is 11.1. The summed E-state index contributed by atoms with van der Waals surface area (Å²) in [6.07, 6.45) is 1.32. The minimum absolute atomic E-state index is 0.170. The maximum Gasteiger partial charge on any atom is 0.335 e. The number of halogens is 2. The molecule has 2 N–H and O–H groups in total. The number of amides is 5. The SMILES string of the molecule is Cc1ccc(C)c(NC(=O)COc2ccc(/C=C3/C(=O)NC(=O)N(c4ccc(Cl)cc4)C3=O)cc2Cl)c1. The second-order valence-electron chi connectivity index (χ2n) is 8.28. The van der Waals surface area contributed by atoms with Crippen LogP contribution in [0.5, 0.6) is 5.75 Å². The lowest BCUT2D eigenvalue weighted by atomic mass is 10.1. The number of ether oxygens (including phenoxy) is 1. The van der Waals surface area contributed by atoms with E-state index in [-0.39, 0.29) is 34.5 Å². The van der Waals surface area contributed by atoms with Gasteiger partial charge in [-0.2, -0.15) is 0 Å². The third-order valence-corrected chi connectivity index (χ3v) is 6.03. The van der Waals surface area contributed by atoms with Crippen molar-refractivity contribution in [1.82, 2.24) is 5.32 Å². The number of hydrogen-bond acceptors (Lipinski definition) is 5. The van der Waals surface area contributed by atoms with Crippen molar-refractivity contribution in [2.45, 2.75) is 13.8 Å². The van der Waals surface area contributed by atoms with E-state index in [1.807, 2.05) is 32.0 Å². The number of urea groups is 1. The standard InChI is InChI=1S/C27H21Cl2N3O5/c1-15-3-4-16(2)22(11-15)30-24(33)14-37-23-10-5-17(13-21(23)29)12-20-25(34)31-27(36)32(26(20)35)19-8-6-18(28)7-9-19/h3-13H,14H2,1-2H3,(H,30,33)(H,31,34,36)/b20-12-. The topological polar surface area (TPSA) is 105 Å². The van der Waals surface area contributed by atoms with Crippen molar-refractivity contribution < 1.29 is 23.9 Å². The fourth-order valence-electron chi connectivity index (χ4n) is 3.57. The average molecular weight is 538 g/mol. The molecular formula is C27H21Cl2N3O5. The lowest BCUT2D eigenvalue weighted by Crippen LogP contribution is -2.54. The van der Waals surface area contributed by atoms with Gasteiger partial charge in [-0.05, 0) is 79.1 Å². The summed E-state index contributed by atoms with van der Waals surface area (Å²) in [5.74, 6) is -1.74. The van der Waals surface area contributed by atoms with Crippen LogP contribution in [0.2, 0.25) is 10.0 Å². The highest BCUT2D eigenvalue weighted by molar-refractivity contribution is 6.39. The van der Waals surface area contributed by atoms with Gasteiger partial charge in [0.15, 0.2) is 6.61 Å². The number of benzene rings is 3. The Balaban J connectivity index is 1.47. The van der Waals surface area contributed by atoms with Crippen molar-refractivity contribution in [3.8, 4) is 5.75 Å². The maximum absolute atomic E-state index is 13.0. The van der Waals surface area contributed by atoms with Gasteiger partial charge in [0, 0.05) is 10.7 Å². The van der Waals surface area contributed by atoms with Crippen LogP contribution in [0.25, 0.3) is 6.08 Å². The zero-order valence-electron chi connectivity index (χ0n) is 19.8. The van der Waals surface area contributed by atoms with E-state index in [4.69, 9.17) is 27.9 Å². The van der Waals surface area contributed by atoms with Gasteiger partial charge in [-0.3, -0.25) is 19.7 Å². The second kappa shape index (κ2) is 10.9. The van der Waals surface area contributed by atoms with Crippen LogP contribution in [-0.2, 0) is 14.4 Å². The van der Waals surface area contributed by atoms with Crippen LogP contribution in [0.3, 0.4) is 0 Å². The number of nitrogens with one attached hydrogen (secondary N) is 2. The lowest BCUT2D eigenvalue weighted by molar-refractivity contribution is -0.122. The van der Waals surface area contributed by atoms with Crippen molar-refractivity contribution in [3.05, 3.63) is 93.0 Å². The molecule has 0 spiro atoms. The zero-order chi connectivity index (χ0) is 26.7. The van der Waals surface area contributed by atoms with Crippen molar-refractivity contribution in [1.29, 1.82) is 0 Å². The van der Waals surface area contributed by atoms with Crippen LogP contribution in [0.1, 0.15) is 16.7 Å². The molecule has 0 aromatic heterocycles. The Morgan fingerprint density at radius 1 is 1.00 bits per heavy atom. The van der Waals surface area contributed by atoms with Crippen LogP contribution in [-0.4, -0.2) is 30.4 Å². The fourth-order valence-corrected chi connectivity index (χ4v) is 3.94. The van der Waals surface area contributed by atoms with E-state index in [1.54, 1.807) is 6.07 Å². The van der Waals surface area contributed by atoms with Gasteiger partial charge in [0.2, 0.25) is 0 Å². The first-order chi connectivity index (χ1) is 17.6. The Hall–Kier alpha value is -4.14. The Morgan fingerprint density at radius 3 is 2.43 bits per heavy atom. The molecule has 5 amide bonds. The third kappa shape index (κ3) is 5.99. The van der Waals surface area contributed by atoms with Crippen LogP contribution >= 0.6 is 23.2 Å². The van der Waals surface area contributed by atoms with Gasteiger partial charge in [0.05, 0.1) is 10.7 Å². The van der Waals surface area contributed by atoms with Crippen molar-refractivity contribution in [2.75, 3.05) is 16.8 Å². The Morgan fingerprint density at radius 2 is 1.73 bits per heavy atom. The molecule has 1 heterocycles. The van der Waals surface area contributed by atoms with E-state index in [1.165, 1.54) is 42.5 Å². The molecule has 0 aliphatic carbocycles. The minimum atomic E-state index is -0.865. The number of hydrogen-bond donors (Lipinski definition) is 2. The summed E-state index contributed by atoms with van der Waals surface area (Å²) >= 11 is 12.2. The van der Waals surface area contributed by atoms with Crippen LogP contribution in [0, 0.1) is 13.8 Å². The highest BCUT2D eigenvalue weighted by Crippen LogP contribution is 2.28. The van der Waals surface area contributed by atoms with Gasteiger partial charge in [-0.1, -0.05) is 41.4 Å². The molecule has 0 bridgehead atoms. The normalized spacial score (nSPS) is 14.5. The Labute approximate surface area is 222 Å². The van der Waals surface area contributed by atoms with E-state index < -0.39 is 17.8 Å². The van der Waals surface area contributed by atoms with Gasteiger partial charge in [0.1, 0.15) is 11.3 Å². The number of anilines is 2. The molecule has 0 radical (unpaired) electrons. The molecule has 0 unspecified atom stereocenters. The molecule has 10 heteroatoms. The molecule has 37 heavy (non-hydrogen) atoms. The molecule has 1 aliphatic rings. The van der Waals surface area contributed by atoms with E-state index in [9.17, 15) is 19.2 Å². The summed E-state index contributed by atoms with van der Waals surface area (Å²) in [7, 11) is 0. The summed E-state index contributed by atoms with van der Waals surface area (Å²) < 4.78 is 5.55. The summed E-state index contributed by atoms with van der Waals surface area (Å²) in [5.41, 5.74) is 3.05. The minimum Gasteiger partial charge on any atom is -0.482 e. The highest BCUT2D eigenvalue weighted by atomic mass is 35.5. The average Bonchev–Trinajstić information content (AvgIpc) is 2.84. The van der Waals surface area contributed by atoms with Gasteiger partial charge >= 0.3 is 6.03 Å². The smallest absolute Gasteiger partial charge is 0.335 e. The Bertz CT molecular complexity index is 1450. The fraction of sp³-hybridized carbons (Fsp3) is 0.111. The molecule has 8 nitrogen and oxygen atoms in total. The first kappa shape index (κ1) is 25.9. The van der Waals surface area contributed by atoms with E-state index in [2.05, 4.69) is 10.6 Å². The monoisotopic (exact) mass is 537 g/mol. The molecule has 1 saturated heterocycles. The van der Waals surface area contributed by atoms with E-state index in [0.29, 0.717) is 16.3 Å². The third-order valence-electron chi connectivity index (χ3n) is 5.48. The highest BCUT2D eigenvalue weighted by Gasteiger charge is 2.36. The largest absolute Gasteiger partial charge is 0.482 e. The Kier molecular flexibility index (Phi) is 7.61. The lowest BCUT2D eigenvalue weighted by Gasteiger charge is -2.26. The van der Waals surface area contributed by atoms with Gasteiger partial charge < -0.3 is 10.1 Å². The van der Waals surface area contributed by atoms with Gasteiger partial charge in [0.25, 0.3) is 17.7 Å². The molecule has 3 aromatic rings. The number of imide groups is 2. The molecule has 4 rings (SSSR count). The maximum atomic E-state index is 13.0. The zero-order valence-corrected chi connectivity index (χ0v) is 21.3. The van der Waals surface area contributed by atoms with E-state index >= 15 is 0 Å². The van der Waals surface area contributed by atoms with Crippen molar-refractivity contribution >= 4 is 64.4 Å². The summed E-state index contributed by atoms with van der Waals surface area (Å²) in [4.78, 5) is 50.9. The predicted octanol–water partition coefficient (Wildman–Crippen LogP) is 5.29. The quantitative estimate of drug-likeness (QED) is 0.328. The van der Waals surface area contributed by atoms with E-state index in [0.717, 1.165) is 16.0 Å². The molecular weight excluding hydrogens is 517 g/mol. The van der Waals surface area contributed by atoms with Crippen LogP contribution < -0.4 is 20.3 Å².